The molecule has 0 spiro atoms. The Labute approximate surface area is 232 Å². The van der Waals surface area contributed by atoms with Crippen molar-refractivity contribution in [2.24, 2.45) is 16.9 Å². The Morgan fingerprint density at radius 1 is 1.03 bits per heavy atom. The highest BCUT2D eigenvalue weighted by Gasteiger charge is 2.33. The zero-order valence-corrected chi connectivity index (χ0v) is 22.6. The lowest BCUT2D eigenvalue weighted by molar-refractivity contribution is -0.139. The summed E-state index contributed by atoms with van der Waals surface area (Å²) < 4.78 is 0. The van der Waals surface area contributed by atoms with Gasteiger partial charge in [-0.2, -0.15) is 4.98 Å². The van der Waals surface area contributed by atoms with E-state index in [9.17, 15) is 14.4 Å². The Kier molecular flexibility index (Phi) is 10.2. The average Bonchev–Trinajstić information content (AvgIpc) is 2.90. The Balaban J connectivity index is 1.52. The van der Waals surface area contributed by atoms with Crippen LogP contribution in [0.4, 0.5) is 23.1 Å². The number of carbonyl (C=O) groups is 3. The van der Waals surface area contributed by atoms with E-state index in [2.05, 4.69) is 31.2 Å². The number of rotatable bonds is 13. The first-order valence-corrected chi connectivity index (χ1v) is 12.8. The molecule has 0 aliphatic heterocycles. The highest BCUT2D eigenvalue weighted by atomic mass is 35.5. The van der Waals surface area contributed by atoms with Gasteiger partial charge >= 0.3 is 0 Å². The van der Waals surface area contributed by atoms with E-state index >= 15 is 0 Å². The van der Waals surface area contributed by atoms with Crippen LogP contribution in [0.3, 0.4) is 0 Å². The standard InChI is InChI=1S/C27H33ClN8O3/c1-27(2,24(30)38)25(39)32-13-7-12-31-22-20(28)16-33-26(36-22)35-19-11-6-10-18(15-19)34-23(37)21(29)14-17-8-4-3-5-9-17/h3-6,8-11,15-16,21H,7,12-14,29H2,1-2H3,(H2,30,38)(H,32,39)(H,34,37)(H2,31,33,35,36)/t21-/m1/s1. The highest BCUT2D eigenvalue weighted by Crippen LogP contribution is 2.23. The second-order valence-electron chi connectivity index (χ2n) is 9.41. The molecule has 0 fully saturated rings. The summed E-state index contributed by atoms with van der Waals surface area (Å²) in [5.41, 5.74) is 12.3. The van der Waals surface area contributed by atoms with Crippen LogP contribution in [0.1, 0.15) is 25.8 Å². The zero-order chi connectivity index (χ0) is 28.4. The first-order chi connectivity index (χ1) is 18.6. The number of nitrogens with two attached hydrogens (primary N) is 2. The number of amides is 3. The molecule has 0 aliphatic rings. The van der Waals surface area contributed by atoms with Gasteiger partial charge in [0.25, 0.3) is 0 Å². The van der Waals surface area contributed by atoms with Gasteiger partial charge in [0.1, 0.15) is 16.3 Å². The van der Waals surface area contributed by atoms with Crippen LogP contribution in [-0.4, -0.2) is 46.8 Å². The minimum Gasteiger partial charge on any atom is -0.369 e. The van der Waals surface area contributed by atoms with Crippen LogP contribution in [0, 0.1) is 5.41 Å². The number of halogens is 1. The summed E-state index contributed by atoms with van der Waals surface area (Å²) in [4.78, 5) is 44.7. The first kappa shape index (κ1) is 29.3. The van der Waals surface area contributed by atoms with Gasteiger partial charge in [-0.15, -0.1) is 0 Å². The summed E-state index contributed by atoms with van der Waals surface area (Å²) in [5.74, 6) is -0.708. The van der Waals surface area contributed by atoms with Crippen molar-refractivity contribution in [3.63, 3.8) is 0 Å². The molecule has 0 unspecified atom stereocenters. The van der Waals surface area contributed by atoms with E-state index in [4.69, 9.17) is 23.1 Å². The third kappa shape index (κ3) is 8.66. The van der Waals surface area contributed by atoms with Crippen LogP contribution in [0.15, 0.2) is 60.8 Å². The van der Waals surface area contributed by atoms with E-state index in [0.717, 1.165) is 5.56 Å². The molecule has 0 saturated heterocycles. The molecule has 2 aromatic carbocycles. The smallest absolute Gasteiger partial charge is 0.241 e. The third-order valence-electron chi connectivity index (χ3n) is 5.88. The molecule has 1 heterocycles. The number of aromatic nitrogens is 2. The maximum atomic E-state index is 12.6. The first-order valence-electron chi connectivity index (χ1n) is 12.4. The van der Waals surface area contributed by atoms with Gasteiger partial charge < -0.3 is 32.7 Å². The molecule has 11 nitrogen and oxygen atoms in total. The lowest BCUT2D eigenvalue weighted by Crippen LogP contribution is -2.46. The third-order valence-corrected chi connectivity index (χ3v) is 6.16. The molecule has 1 aromatic heterocycles. The van der Waals surface area contributed by atoms with E-state index in [1.807, 2.05) is 30.3 Å². The van der Waals surface area contributed by atoms with Crippen molar-refractivity contribution in [3.8, 4) is 0 Å². The minimum absolute atomic E-state index is 0.292. The molecule has 0 aliphatic carbocycles. The van der Waals surface area contributed by atoms with E-state index in [1.54, 1.807) is 24.3 Å². The van der Waals surface area contributed by atoms with Crippen LogP contribution < -0.4 is 32.7 Å². The van der Waals surface area contributed by atoms with E-state index < -0.39 is 23.3 Å². The largest absolute Gasteiger partial charge is 0.369 e. The summed E-state index contributed by atoms with van der Waals surface area (Å²) in [7, 11) is 0. The molecule has 0 saturated carbocycles. The van der Waals surface area contributed by atoms with E-state index in [1.165, 1.54) is 20.0 Å². The van der Waals surface area contributed by atoms with Gasteiger partial charge in [0.05, 0.1) is 12.2 Å². The van der Waals surface area contributed by atoms with Crippen LogP contribution in [0.5, 0.6) is 0 Å². The number of benzene rings is 2. The molecule has 0 bridgehead atoms. The minimum atomic E-state index is -1.28. The molecule has 1 atom stereocenters. The van der Waals surface area contributed by atoms with Crippen molar-refractivity contribution in [3.05, 3.63) is 71.4 Å². The molecule has 12 heteroatoms. The van der Waals surface area contributed by atoms with E-state index in [0.29, 0.717) is 54.1 Å². The van der Waals surface area contributed by atoms with Crippen molar-refractivity contribution in [2.45, 2.75) is 32.7 Å². The van der Waals surface area contributed by atoms with Crippen LogP contribution in [0.25, 0.3) is 0 Å². The number of hydrogen-bond acceptors (Lipinski definition) is 8. The summed E-state index contributed by atoms with van der Waals surface area (Å²) in [5, 5.41) is 12.1. The maximum Gasteiger partial charge on any atom is 0.241 e. The van der Waals surface area contributed by atoms with Crippen LogP contribution in [-0.2, 0) is 20.8 Å². The van der Waals surface area contributed by atoms with Gasteiger partial charge in [0.15, 0.2) is 0 Å². The molecule has 39 heavy (non-hydrogen) atoms. The Hall–Kier alpha value is -4.22. The lowest BCUT2D eigenvalue weighted by Gasteiger charge is -2.19. The lowest BCUT2D eigenvalue weighted by atomic mass is 9.91. The fraction of sp³-hybridized carbons (Fsp3) is 0.296. The van der Waals surface area contributed by atoms with Gasteiger partial charge in [0, 0.05) is 24.5 Å². The van der Waals surface area contributed by atoms with Crippen LogP contribution >= 0.6 is 11.6 Å². The van der Waals surface area contributed by atoms with Crippen molar-refractivity contribution < 1.29 is 14.4 Å². The summed E-state index contributed by atoms with van der Waals surface area (Å²) in [6.45, 7) is 3.74. The van der Waals surface area contributed by atoms with Crippen molar-refractivity contribution in [2.75, 3.05) is 29.0 Å². The van der Waals surface area contributed by atoms with Gasteiger partial charge in [-0.05, 0) is 50.5 Å². The quantitative estimate of drug-likeness (QED) is 0.138. The average molecular weight is 553 g/mol. The fourth-order valence-corrected chi connectivity index (χ4v) is 3.54. The fourth-order valence-electron chi connectivity index (χ4n) is 3.38. The molecule has 8 N–H and O–H groups in total. The molecule has 3 rings (SSSR count). The Morgan fingerprint density at radius 3 is 2.46 bits per heavy atom. The summed E-state index contributed by atoms with van der Waals surface area (Å²) in [6, 6.07) is 16.0. The molecule has 3 amide bonds. The second-order valence-corrected chi connectivity index (χ2v) is 9.81. The SMILES string of the molecule is CC(C)(C(N)=O)C(=O)NCCCNc1nc(Nc2cccc(NC(=O)[C@H](N)Cc3ccccc3)c2)ncc1Cl. The normalized spacial score (nSPS) is 11.8. The summed E-state index contributed by atoms with van der Waals surface area (Å²) >= 11 is 6.23. The van der Waals surface area contributed by atoms with Crippen LogP contribution in [0.2, 0.25) is 5.02 Å². The zero-order valence-electron chi connectivity index (χ0n) is 21.8. The predicted octanol–water partition coefficient (Wildman–Crippen LogP) is 2.81. The molecule has 206 valence electrons. The number of anilines is 4. The Morgan fingerprint density at radius 2 is 1.74 bits per heavy atom. The monoisotopic (exact) mass is 552 g/mol. The topological polar surface area (TPSA) is 177 Å². The number of hydrogen-bond donors (Lipinski definition) is 6. The van der Waals surface area contributed by atoms with Gasteiger partial charge in [-0.25, -0.2) is 4.98 Å². The number of nitrogens with one attached hydrogen (secondary N) is 4. The number of nitrogens with zero attached hydrogens (tertiary/aromatic N) is 2. The second kappa shape index (κ2) is 13.5. The number of carbonyl (C=O) groups excluding carboxylic acids is 3. The molecular weight excluding hydrogens is 520 g/mol. The van der Waals surface area contributed by atoms with Crippen molar-refractivity contribution in [1.82, 2.24) is 15.3 Å². The highest BCUT2D eigenvalue weighted by molar-refractivity contribution is 6.32. The summed E-state index contributed by atoms with van der Waals surface area (Å²) in [6.07, 6.45) is 2.44. The molecule has 0 radical (unpaired) electrons. The predicted molar refractivity (Wildman–Crippen MR) is 153 cm³/mol. The molecular formula is C27H33ClN8O3. The van der Waals surface area contributed by atoms with Gasteiger partial charge in [-0.1, -0.05) is 48.0 Å². The van der Waals surface area contributed by atoms with Gasteiger partial charge in [-0.3, -0.25) is 14.4 Å². The van der Waals surface area contributed by atoms with Gasteiger partial charge in [0.2, 0.25) is 23.7 Å². The Bertz CT molecular complexity index is 1300. The maximum absolute atomic E-state index is 12.6. The number of primary amides is 1. The van der Waals surface area contributed by atoms with Crippen molar-refractivity contribution >= 4 is 52.5 Å². The van der Waals surface area contributed by atoms with E-state index in [-0.39, 0.29) is 5.91 Å². The molecule has 3 aromatic rings. The van der Waals surface area contributed by atoms with Crippen molar-refractivity contribution in [1.29, 1.82) is 0 Å².